The molecule has 0 saturated carbocycles. The summed E-state index contributed by atoms with van der Waals surface area (Å²) in [5.41, 5.74) is 2.26. The molecular weight excluding hydrogens is 626 g/mol. The Morgan fingerprint density at radius 3 is 2.31 bits per heavy atom. The maximum absolute atomic E-state index is 15.9. The zero-order valence-corrected chi connectivity index (χ0v) is 28.5. The number of alkyl halides is 1. The summed E-state index contributed by atoms with van der Waals surface area (Å²) >= 11 is 0. The van der Waals surface area contributed by atoms with E-state index in [1.54, 1.807) is 33.8 Å². The van der Waals surface area contributed by atoms with Crippen molar-refractivity contribution >= 4 is 11.9 Å². The highest BCUT2D eigenvalue weighted by Gasteiger charge is 2.30. The second-order valence-electron chi connectivity index (χ2n) is 13.2. The summed E-state index contributed by atoms with van der Waals surface area (Å²) in [4.78, 5) is 42.0. The van der Waals surface area contributed by atoms with Crippen LogP contribution in [-0.4, -0.2) is 53.8 Å². The fourth-order valence-electron chi connectivity index (χ4n) is 6.51. The number of hydrogen-bond acceptors (Lipinski definition) is 5. The molecular formula is C37H45F4N3O4. The molecule has 0 radical (unpaired) electrons. The van der Waals surface area contributed by atoms with Crippen molar-refractivity contribution in [2.45, 2.75) is 85.5 Å². The number of hydrogen-bond donors (Lipinski definition) is 1. The molecule has 3 atom stereocenters. The van der Waals surface area contributed by atoms with E-state index in [9.17, 15) is 23.2 Å². The van der Waals surface area contributed by atoms with Crippen molar-refractivity contribution in [3.05, 3.63) is 92.2 Å². The summed E-state index contributed by atoms with van der Waals surface area (Å²) in [5, 5.41) is 2.79. The summed E-state index contributed by atoms with van der Waals surface area (Å²) < 4.78 is 65.1. The number of halogens is 4. The molecule has 11 heteroatoms. The second-order valence-corrected chi connectivity index (χ2v) is 13.2. The Bertz CT molecular complexity index is 1680. The van der Waals surface area contributed by atoms with Gasteiger partial charge in [-0.25, -0.2) is 17.6 Å². The first-order valence-corrected chi connectivity index (χ1v) is 16.5. The molecule has 2 unspecified atom stereocenters. The highest BCUT2D eigenvalue weighted by molar-refractivity contribution is 5.82. The Kier molecular flexibility index (Phi) is 12.2. The van der Waals surface area contributed by atoms with E-state index in [-0.39, 0.29) is 30.1 Å². The van der Waals surface area contributed by atoms with E-state index in [2.05, 4.69) is 5.32 Å². The van der Waals surface area contributed by atoms with Crippen LogP contribution < -0.4 is 10.9 Å². The number of nitrogens with zero attached hydrogens (tertiary/aromatic N) is 2. The molecule has 1 N–H and O–H groups in total. The lowest BCUT2D eigenvalue weighted by Crippen LogP contribution is -2.41. The summed E-state index contributed by atoms with van der Waals surface area (Å²) in [6.07, 6.45) is 1.05. The number of rotatable bonds is 13. The van der Waals surface area contributed by atoms with E-state index >= 15 is 8.78 Å². The van der Waals surface area contributed by atoms with Gasteiger partial charge >= 0.3 is 5.97 Å². The first-order chi connectivity index (χ1) is 22.7. The summed E-state index contributed by atoms with van der Waals surface area (Å²) in [5.74, 6) is -3.57. The molecule has 1 fully saturated rings. The monoisotopic (exact) mass is 671 g/mol. The van der Waals surface area contributed by atoms with Crippen LogP contribution in [0.3, 0.4) is 0 Å². The number of benzene rings is 2. The van der Waals surface area contributed by atoms with Crippen LogP contribution in [0.25, 0.3) is 11.1 Å². The SMILES string of the molecule is CCOC(=O)CC(NC(=O)C(CC(C)C)n1cc(CCN2CC[C@@H](F)C2)cc(F)c1=O)c1cc(-c2c(C)cc(F)cc2C)cc(C)c1F. The first-order valence-electron chi connectivity index (χ1n) is 16.5. The maximum Gasteiger partial charge on any atom is 0.308 e. The molecule has 4 rings (SSSR count). The maximum atomic E-state index is 15.9. The van der Waals surface area contributed by atoms with Crippen LogP contribution in [0.15, 0.2) is 41.3 Å². The molecule has 7 nitrogen and oxygen atoms in total. The third-order valence-corrected chi connectivity index (χ3v) is 8.76. The number of likely N-dealkylation sites (tertiary alicyclic amines) is 1. The van der Waals surface area contributed by atoms with E-state index in [0.29, 0.717) is 60.3 Å². The standard InChI is InChI=1S/C37H45F4N3O4/c1-7-48-33(45)18-31(29-17-26(13-24(6)35(29)41)34-22(4)14-28(39)15-23(34)5)42-36(46)32(12-21(2)3)44-19-25(16-30(40)37(44)47)8-10-43-11-9-27(38)20-43/h13-17,19,21,27,31-32H,7-12,18,20H2,1-6H3,(H,42,46)/t27-,31?,32?/m1/s1. The second kappa shape index (κ2) is 15.9. The van der Waals surface area contributed by atoms with Gasteiger partial charge in [-0.2, -0.15) is 0 Å². The third-order valence-electron chi connectivity index (χ3n) is 8.76. The molecule has 48 heavy (non-hydrogen) atoms. The van der Waals surface area contributed by atoms with Gasteiger partial charge in [0.05, 0.1) is 19.1 Å². The lowest BCUT2D eigenvalue weighted by molar-refractivity contribution is -0.144. The molecule has 1 saturated heterocycles. The summed E-state index contributed by atoms with van der Waals surface area (Å²) in [6, 6.07) is 4.65. The van der Waals surface area contributed by atoms with Gasteiger partial charge in [0.2, 0.25) is 5.91 Å². The molecule has 2 aromatic carbocycles. The molecule has 1 aromatic heterocycles. The van der Waals surface area contributed by atoms with E-state index in [4.69, 9.17) is 4.74 Å². The minimum absolute atomic E-state index is 0.0156. The van der Waals surface area contributed by atoms with Crippen LogP contribution in [-0.2, 0) is 20.7 Å². The van der Waals surface area contributed by atoms with Crippen LogP contribution in [0.2, 0.25) is 0 Å². The molecule has 0 bridgehead atoms. The molecule has 3 aromatic rings. The first kappa shape index (κ1) is 36.8. The minimum atomic E-state index is -1.21. The zero-order valence-electron chi connectivity index (χ0n) is 28.5. The van der Waals surface area contributed by atoms with Gasteiger partial charge in [-0.15, -0.1) is 0 Å². The van der Waals surface area contributed by atoms with Crippen molar-refractivity contribution < 1.29 is 31.9 Å². The van der Waals surface area contributed by atoms with Gasteiger partial charge in [0, 0.05) is 31.4 Å². The summed E-state index contributed by atoms with van der Waals surface area (Å²) in [7, 11) is 0. The van der Waals surface area contributed by atoms with Gasteiger partial charge in [-0.3, -0.25) is 14.4 Å². The van der Waals surface area contributed by atoms with E-state index in [0.717, 1.165) is 10.6 Å². The lowest BCUT2D eigenvalue weighted by atomic mass is 9.90. The van der Waals surface area contributed by atoms with E-state index in [1.807, 2.05) is 18.7 Å². The number of nitrogens with one attached hydrogen (secondary N) is 1. The van der Waals surface area contributed by atoms with Crippen LogP contribution in [0.4, 0.5) is 17.6 Å². The molecule has 2 heterocycles. The van der Waals surface area contributed by atoms with Gasteiger partial charge in [0.25, 0.3) is 5.56 Å². The smallest absolute Gasteiger partial charge is 0.308 e. The van der Waals surface area contributed by atoms with Gasteiger partial charge in [-0.1, -0.05) is 13.8 Å². The number of carbonyl (C=O) groups is 2. The molecule has 0 spiro atoms. The number of esters is 1. The Morgan fingerprint density at radius 2 is 1.71 bits per heavy atom. The Balaban J connectivity index is 1.74. The molecule has 1 aliphatic rings. The number of ether oxygens (including phenoxy) is 1. The Labute approximate surface area is 279 Å². The summed E-state index contributed by atoms with van der Waals surface area (Å²) in [6.45, 7) is 11.8. The van der Waals surface area contributed by atoms with Crippen molar-refractivity contribution in [1.82, 2.24) is 14.8 Å². The fraction of sp³-hybridized carbons (Fsp3) is 0.486. The average molecular weight is 672 g/mol. The van der Waals surface area contributed by atoms with E-state index < -0.39 is 59.6 Å². The average Bonchev–Trinajstić information content (AvgIpc) is 3.42. The van der Waals surface area contributed by atoms with Crippen LogP contribution in [0.1, 0.15) is 79.9 Å². The minimum Gasteiger partial charge on any atom is -0.466 e. The van der Waals surface area contributed by atoms with Crippen molar-refractivity contribution in [3.8, 4) is 11.1 Å². The zero-order chi connectivity index (χ0) is 35.3. The molecule has 1 amide bonds. The quantitative estimate of drug-likeness (QED) is 0.159. The number of pyridine rings is 1. The molecule has 260 valence electrons. The van der Waals surface area contributed by atoms with Gasteiger partial charge < -0.3 is 19.5 Å². The Morgan fingerprint density at radius 1 is 1.02 bits per heavy atom. The van der Waals surface area contributed by atoms with Crippen molar-refractivity contribution in [2.75, 3.05) is 26.2 Å². The number of aryl methyl sites for hydroxylation is 3. The largest absolute Gasteiger partial charge is 0.466 e. The fourth-order valence-corrected chi connectivity index (χ4v) is 6.51. The van der Waals surface area contributed by atoms with Crippen molar-refractivity contribution in [2.24, 2.45) is 5.92 Å². The predicted octanol–water partition coefficient (Wildman–Crippen LogP) is 6.84. The normalized spacial score (nSPS) is 16.3. The molecule has 1 aliphatic heterocycles. The number of amides is 1. The van der Waals surface area contributed by atoms with Crippen LogP contribution >= 0.6 is 0 Å². The van der Waals surface area contributed by atoms with Crippen LogP contribution in [0.5, 0.6) is 0 Å². The van der Waals surface area contributed by atoms with E-state index in [1.165, 1.54) is 24.4 Å². The van der Waals surface area contributed by atoms with Crippen molar-refractivity contribution in [1.29, 1.82) is 0 Å². The lowest BCUT2D eigenvalue weighted by Gasteiger charge is -2.27. The topological polar surface area (TPSA) is 80.6 Å². The highest BCUT2D eigenvalue weighted by Crippen LogP contribution is 2.34. The Hall–Kier alpha value is -3.99. The van der Waals surface area contributed by atoms with Crippen LogP contribution in [0, 0.1) is 44.1 Å². The number of aromatic nitrogens is 1. The molecule has 0 aliphatic carbocycles. The highest BCUT2D eigenvalue weighted by atomic mass is 19.1. The van der Waals surface area contributed by atoms with Gasteiger partial charge in [-0.05, 0) is 117 Å². The van der Waals surface area contributed by atoms with Crippen molar-refractivity contribution in [3.63, 3.8) is 0 Å². The third kappa shape index (κ3) is 8.92. The number of carbonyl (C=O) groups excluding carboxylic acids is 2. The predicted molar refractivity (Wildman–Crippen MR) is 177 cm³/mol. The van der Waals surface area contributed by atoms with Gasteiger partial charge in [0.15, 0.2) is 5.82 Å². The van der Waals surface area contributed by atoms with Gasteiger partial charge in [0.1, 0.15) is 23.8 Å².